The highest BCUT2D eigenvalue weighted by Crippen LogP contribution is 2.40. The average Bonchev–Trinajstić information content (AvgIpc) is 3.36. The van der Waals surface area contributed by atoms with Gasteiger partial charge in [0.15, 0.2) is 5.82 Å². The van der Waals surface area contributed by atoms with Crippen LogP contribution >= 0.6 is 23.2 Å². The minimum absolute atomic E-state index is 0.00671. The molecule has 0 atom stereocenters. The molecule has 0 saturated carbocycles. The molecule has 0 aliphatic heterocycles. The third kappa shape index (κ3) is 12.2. The second-order valence-electron chi connectivity index (χ2n) is 12.7. The van der Waals surface area contributed by atoms with Crippen LogP contribution in [0.2, 0.25) is 10.0 Å². The first-order chi connectivity index (χ1) is 23.9. The van der Waals surface area contributed by atoms with Gasteiger partial charge in [-0.25, -0.2) is 18.2 Å². The number of nitriles is 1. The highest BCUT2D eigenvalue weighted by atomic mass is 35.5. The molecule has 0 radical (unpaired) electrons. The Hall–Kier alpha value is -3.68. The number of benzene rings is 2. The molecular formula is C30H38Cl2N8O9S3. The number of halogens is 2. The molecule has 52 heavy (non-hydrogen) atoms. The van der Waals surface area contributed by atoms with Crippen molar-refractivity contribution in [3.05, 3.63) is 51.6 Å². The third-order valence-electron chi connectivity index (χ3n) is 7.28. The number of anilines is 2. The number of azo groups is 1. The number of carbonyl (C=O) groups is 1. The number of unbranched alkanes of at least 4 members (excludes halogenated alkanes) is 2. The van der Waals surface area contributed by atoms with Gasteiger partial charge in [-0.15, -0.1) is 10.2 Å². The third-order valence-corrected chi connectivity index (χ3v) is 10.4. The lowest BCUT2D eigenvalue weighted by Crippen LogP contribution is -2.26. The van der Waals surface area contributed by atoms with Crippen LogP contribution in [0.1, 0.15) is 64.6 Å². The van der Waals surface area contributed by atoms with Crippen LogP contribution < -0.4 is 15.4 Å². The maximum absolute atomic E-state index is 12.3. The predicted molar refractivity (Wildman–Crippen MR) is 197 cm³/mol. The smallest absolute Gasteiger partial charge is 0.264 e. The van der Waals surface area contributed by atoms with Gasteiger partial charge in [-0.2, -0.15) is 27.2 Å². The number of primary sulfonamides is 1. The zero-order valence-corrected chi connectivity index (χ0v) is 32.5. The number of nitrogens with zero attached hydrogens (tertiary/aromatic N) is 6. The maximum atomic E-state index is 12.3. The van der Waals surface area contributed by atoms with Crippen molar-refractivity contribution in [3.63, 3.8) is 0 Å². The van der Waals surface area contributed by atoms with E-state index in [1.54, 1.807) is 32.9 Å². The fourth-order valence-corrected chi connectivity index (χ4v) is 7.42. The summed E-state index contributed by atoms with van der Waals surface area (Å²) in [5.74, 6) is -1.49. The molecule has 5 N–H and O–H groups in total. The van der Waals surface area contributed by atoms with Gasteiger partial charge in [-0.1, -0.05) is 44.0 Å². The van der Waals surface area contributed by atoms with E-state index in [1.165, 1.54) is 13.0 Å². The molecule has 3 aromatic rings. The van der Waals surface area contributed by atoms with Crippen LogP contribution in [0.15, 0.2) is 45.5 Å². The summed E-state index contributed by atoms with van der Waals surface area (Å²) in [7, 11) is -12.5. The van der Waals surface area contributed by atoms with Crippen molar-refractivity contribution in [2.75, 3.05) is 34.8 Å². The molecule has 0 aliphatic rings. The molecule has 0 bridgehead atoms. The van der Waals surface area contributed by atoms with Gasteiger partial charge in [0.05, 0.1) is 37.8 Å². The number of nitrogens with one attached hydrogen (secondary N) is 1. The molecule has 3 rings (SSSR count). The first kappa shape index (κ1) is 42.7. The Morgan fingerprint density at radius 3 is 1.94 bits per heavy atom. The van der Waals surface area contributed by atoms with E-state index in [0.717, 1.165) is 16.8 Å². The lowest BCUT2D eigenvalue weighted by Gasteiger charge is -2.26. The van der Waals surface area contributed by atoms with E-state index in [2.05, 4.69) is 26.7 Å². The van der Waals surface area contributed by atoms with Gasteiger partial charge in [0.2, 0.25) is 15.9 Å². The summed E-state index contributed by atoms with van der Waals surface area (Å²) in [6.45, 7) is 7.25. The van der Waals surface area contributed by atoms with Crippen molar-refractivity contribution >= 4 is 82.2 Å². The number of nitrogens with two attached hydrogens (primary N) is 1. The molecule has 1 heterocycles. The van der Waals surface area contributed by atoms with Gasteiger partial charge in [0.25, 0.3) is 20.2 Å². The topological polar surface area (TPSA) is 268 Å². The number of hydrogen-bond donors (Lipinski definition) is 4. The van der Waals surface area contributed by atoms with Gasteiger partial charge < -0.3 is 10.2 Å². The predicted octanol–water partition coefficient (Wildman–Crippen LogP) is 5.51. The van der Waals surface area contributed by atoms with Crippen molar-refractivity contribution in [3.8, 4) is 11.8 Å². The number of sulfonamides is 1. The highest BCUT2D eigenvalue weighted by Gasteiger charge is 2.30. The van der Waals surface area contributed by atoms with Crippen molar-refractivity contribution in [1.82, 2.24) is 9.78 Å². The monoisotopic (exact) mass is 820 g/mol. The summed E-state index contributed by atoms with van der Waals surface area (Å²) in [5, 5.41) is 31.1. The molecule has 284 valence electrons. The maximum Gasteiger partial charge on any atom is 0.264 e. The zero-order chi connectivity index (χ0) is 39.2. The van der Waals surface area contributed by atoms with Crippen LogP contribution in [0.3, 0.4) is 0 Å². The number of aromatic nitrogens is 2. The van der Waals surface area contributed by atoms with Crippen LogP contribution in [0.25, 0.3) is 5.69 Å². The standard InChI is InChI=1S/C30H38Cl2N8O9S3/c1-19(41)35-26-15-20(39(11-5-7-13-50(42,43)44)12-6-8-14-51(45,46)47)9-10-25(26)36-37-29-22(18-33)28(30(2,3)4)38-40(29)27-23(31)16-21(17-24(27)32)52(34,48)49/h9-10,15-17H,5-8,11-14H2,1-4H3,(H,35,41)(H2,34,48,49)(H,42,43,44)(H,45,46,47). The summed E-state index contributed by atoms with van der Waals surface area (Å²) in [5.41, 5.74) is 0.451. The molecule has 1 amide bonds. The summed E-state index contributed by atoms with van der Waals surface area (Å²) in [6, 6.07) is 8.97. The van der Waals surface area contributed by atoms with E-state index in [1.807, 2.05) is 4.90 Å². The van der Waals surface area contributed by atoms with Gasteiger partial charge in [-0.3, -0.25) is 13.9 Å². The molecule has 0 spiro atoms. The van der Waals surface area contributed by atoms with E-state index < -0.39 is 53.1 Å². The summed E-state index contributed by atoms with van der Waals surface area (Å²) >= 11 is 13.0. The Balaban J connectivity index is 2.14. The second-order valence-corrected chi connectivity index (χ2v) is 18.2. The number of hydrogen-bond acceptors (Lipinski definition) is 12. The van der Waals surface area contributed by atoms with Crippen molar-refractivity contribution in [2.24, 2.45) is 15.4 Å². The van der Waals surface area contributed by atoms with Crippen LogP contribution in [0.5, 0.6) is 0 Å². The van der Waals surface area contributed by atoms with Crippen LogP contribution in [0.4, 0.5) is 22.9 Å². The van der Waals surface area contributed by atoms with Crippen molar-refractivity contribution in [1.29, 1.82) is 5.26 Å². The minimum Gasteiger partial charge on any atom is -0.371 e. The van der Waals surface area contributed by atoms with Gasteiger partial charge in [-0.05, 0) is 56.0 Å². The quantitative estimate of drug-likeness (QED) is 0.0791. The van der Waals surface area contributed by atoms with E-state index in [9.17, 15) is 35.3 Å². The molecule has 2 aromatic carbocycles. The van der Waals surface area contributed by atoms with Gasteiger partial charge >= 0.3 is 0 Å². The Bertz CT molecular complexity index is 2170. The fourth-order valence-electron chi connectivity index (χ4n) is 4.94. The van der Waals surface area contributed by atoms with Crippen LogP contribution in [-0.2, 0) is 40.5 Å². The van der Waals surface area contributed by atoms with Crippen LogP contribution in [-0.4, -0.2) is 74.6 Å². The first-order valence-corrected chi connectivity index (χ1v) is 21.0. The molecule has 0 unspecified atom stereocenters. The van der Waals surface area contributed by atoms with Crippen molar-refractivity contribution in [2.45, 2.75) is 63.7 Å². The normalized spacial score (nSPS) is 12.6. The summed E-state index contributed by atoms with van der Waals surface area (Å²) in [6.07, 6.45) is 0.926. The first-order valence-electron chi connectivity index (χ1n) is 15.5. The Labute approximate surface area is 312 Å². The largest absolute Gasteiger partial charge is 0.371 e. The lowest BCUT2D eigenvalue weighted by molar-refractivity contribution is -0.114. The molecule has 1 aromatic heterocycles. The zero-order valence-electron chi connectivity index (χ0n) is 28.5. The molecule has 17 nitrogen and oxygen atoms in total. The Morgan fingerprint density at radius 1 is 0.962 bits per heavy atom. The number of amides is 1. The average molecular weight is 822 g/mol. The van der Waals surface area contributed by atoms with E-state index in [4.69, 9.17) is 37.4 Å². The Kier molecular flexibility index (Phi) is 14.0. The Morgan fingerprint density at radius 2 is 1.50 bits per heavy atom. The molecule has 0 fully saturated rings. The van der Waals surface area contributed by atoms with Crippen LogP contribution in [0, 0.1) is 11.3 Å². The van der Waals surface area contributed by atoms with Gasteiger partial charge in [0, 0.05) is 31.1 Å². The van der Waals surface area contributed by atoms with E-state index >= 15 is 0 Å². The number of rotatable bonds is 16. The SMILES string of the molecule is CC(=O)Nc1cc(N(CCCCS(=O)(=O)O)CCCCS(=O)(=O)O)ccc1N=Nc1c(C#N)c(C(C)(C)C)nn1-c1c(Cl)cc(S(N)(=O)=O)cc1Cl. The second kappa shape index (κ2) is 17.0. The minimum atomic E-state index is -4.18. The highest BCUT2D eigenvalue weighted by molar-refractivity contribution is 7.89. The van der Waals surface area contributed by atoms with Crippen molar-refractivity contribution < 1.29 is 39.2 Å². The lowest BCUT2D eigenvalue weighted by atomic mass is 9.90. The summed E-state index contributed by atoms with van der Waals surface area (Å²) < 4.78 is 88.2. The molecule has 0 saturated heterocycles. The molecule has 22 heteroatoms. The molecular weight excluding hydrogens is 783 g/mol. The fraction of sp³-hybridized carbons (Fsp3) is 0.433. The van der Waals surface area contributed by atoms with E-state index in [-0.39, 0.29) is 69.3 Å². The number of carbonyl (C=O) groups excluding carboxylic acids is 1. The summed E-state index contributed by atoms with van der Waals surface area (Å²) in [4.78, 5) is 13.7. The van der Waals surface area contributed by atoms with E-state index in [0.29, 0.717) is 24.2 Å². The van der Waals surface area contributed by atoms with Gasteiger partial charge in [0.1, 0.15) is 23.0 Å². The molecule has 0 aliphatic carbocycles.